The largest absolute Gasteiger partial charge is 0.461 e. The third-order valence-electron chi connectivity index (χ3n) is 5.25. The van der Waals surface area contributed by atoms with E-state index in [1.165, 1.54) is 44.6 Å². The Morgan fingerprint density at radius 3 is 2.41 bits per heavy atom. The van der Waals surface area contributed by atoms with E-state index in [0.717, 1.165) is 19.5 Å². The maximum Gasteiger partial charge on any atom is 0.302 e. The summed E-state index contributed by atoms with van der Waals surface area (Å²) in [4.78, 5) is 13.9. The molecule has 120 valence electrons. The zero-order chi connectivity index (χ0) is 15.4. The molecule has 22 heavy (non-hydrogen) atoms. The lowest BCUT2D eigenvalue weighted by Gasteiger charge is -2.42. The number of ether oxygens (including phenoxy) is 1. The molecule has 0 bridgehead atoms. The molecule has 1 saturated heterocycles. The summed E-state index contributed by atoms with van der Waals surface area (Å²) in [6.45, 7) is 3.79. The van der Waals surface area contributed by atoms with Crippen LogP contribution < -0.4 is 0 Å². The quantitative estimate of drug-likeness (QED) is 0.797. The van der Waals surface area contributed by atoms with Gasteiger partial charge in [-0.3, -0.25) is 9.69 Å². The number of rotatable bonds is 3. The molecule has 3 rings (SSSR count). The lowest BCUT2D eigenvalue weighted by atomic mass is 9.85. The van der Waals surface area contributed by atoms with Crippen LogP contribution in [0, 0.1) is 0 Å². The average molecular weight is 301 g/mol. The Morgan fingerprint density at radius 2 is 1.73 bits per heavy atom. The SMILES string of the molecule is CC(=O)O[C@@H]1CCCC[C@H]1N1CCC(c2ccccc2)CC1. The van der Waals surface area contributed by atoms with Gasteiger partial charge < -0.3 is 4.74 Å². The minimum Gasteiger partial charge on any atom is -0.461 e. The van der Waals surface area contributed by atoms with Crippen molar-refractivity contribution in [3.63, 3.8) is 0 Å². The second-order valence-electron chi connectivity index (χ2n) is 6.72. The Bertz CT molecular complexity index is 479. The van der Waals surface area contributed by atoms with Crippen LogP contribution in [0.2, 0.25) is 0 Å². The van der Waals surface area contributed by atoms with E-state index in [1.54, 1.807) is 0 Å². The molecule has 1 heterocycles. The third kappa shape index (κ3) is 3.70. The number of esters is 1. The zero-order valence-corrected chi connectivity index (χ0v) is 13.5. The van der Waals surface area contributed by atoms with Crippen LogP contribution in [0.3, 0.4) is 0 Å². The van der Waals surface area contributed by atoms with Crippen LogP contribution in [-0.4, -0.2) is 36.1 Å². The minimum absolute atomic E-state index is 0.111. The normalized spacial score (nSPS) is 27.5. The van der Waals surface area contributed by atoms with Crippen LogP contribution in [0.25, 0.3) is 0 Å². The fourth-order valence-corrected chi connectivity index (χ4v) is 4.14. The summed E-state index contributed by atoms with van der Waals surface area (Å²) in [6.07, 6.45) is 7.20. The lowest BCUT2D eigenvalue weighted by molar-refractivity contribution is -0.152. The molecular weight excluding hydrogens is 274 g/mol. The van der Waals surface area contributed by atoms with E-state index in [9.17, 15) is 4.79 Å². The van der Waals surface area contributed by atoms with Gasteiger partial charge in [0.15, 0.2) is 0 Å². The van der Waals surface area contributed by atoms with Crippen molar-refractivity contribution in [1.82, 2.24) is 4.90 Å². The van der Waals surface area contributed by atoms with Gasteiger partial charge in [0.2, 0.25) is 0 Å². The highest BCUT2D eigenvalue weighted by molar-refractivity contribution is 5.66. The van der Waals surface area contributed by atoms with Gasteiger partial charge in [0, 0.05) is 13.0 Å². The molecule has 3 heteroatoms. The predicted molar refractivity (Wildman–Crippen MR) is 87.8 cm³/mol. The van der Waals surface area contributed by atoms with Crippen LogP contribution in [-0.2, 0) is 9.53 Å². The first-order chi connectivity index (χ1) is 10.7. The van der Waals surface area contributed by atoms with Gasteiger partial charge in [0.1, 0.15) is 6.10 Å². The van der Waals surface area contributed by atoms with Gasteiger partial charge >= 0.3 is 5.97 Å². The first-order valence-corrected chi connectivity index (χ1v) is 8.70. The topological polar surface area (TPSA) is 29.5 Å². The molecule has 0 spiro atoms. The van der Waals surface area contributed by atoms with Crippen LogP contribution in [0.15, 0.2) is 30.3 Å². The molecule has 2 atom stereocenters. The van der Waals surface area contributed by atoms with Gasteiger partial charge in [0.05, 0.1) is 0 Å². The van der Waals surface area contributed by atoms with E-state index >= 15 is 0 Å². The molecule has 1 aliphatic carbocycles. The molecule has 0 amide bonds. The van der Waals surface area contributed by atoms with Gasteiger partial charge in [-0.25, -0.2) is 0 Å². The van der Waals surface area contributed by atoms with Crippen LogP contribution in [0.4, 0.5) is 0 Å². The number of hydrogen-bond acceptors (Lipinski definition) is 3. The number of likely N-dealkylation sites (tertiary alicyclic amines) is 1. The van der Waals surface area contributed by atoms with E-state index in [-0.39, 0.29) is 12.1 Å². The van der Waals surface area contributed by atoms with E-state index < -0.39 is 0 Å². The molecule has 2 aliphatic rings. The Morgan fingerprint density at radius 1 is 1.05 bits per heavy atom. The number of benzene rings is 1. The lowest BCUT2D eigenvalue weighted by Crippen LogP contribution is -2.49. The van der Waals surface area contributed by atoms with Crippen molar-refractivity contribution in [1.29, 1.82) is 0 Å². The highest BCUT2D eigenvalue weighted by Gasteiger charge is 2.34. The van der Waals surface area contributed by atoms with Crippen molar-refractivity contribution in [3.8, 4) is 0 Å². The molecule has 0 N–H and O–H groups in total. The summed E-state index contributed by atoms with van der Waals surface area (Å²) in [5.74, 6) is 0.560. The highest BCUT2D eigenvalue weighted by Crippen LogP contribution is 2.32. The van der Waals surface area contributed by atoms with E-state index in [0.29, 0.717) is 12.0 Å². The number of nitrogens with zero attached hydrogens (tertiary/aromatic N) is 1. The molecular formula is C19H27NO2. The minimum atomic E-state index is -0.129. The van der Waals surface area contributed by atoms with Crippen molar-refractivity contribution in [3.05, 3.63) is 35.9 Å². The van der Waals surface area contributed by atoms with Crippen molar-refractivity contribution in [2.75, 3.05) is 13.1 Å². The maximum absolute atomic E-state index is 11.3. The Hall–Kier alpha value is -1.35. The Kier molecular flexibility index (Phi) is 5.14. The number of carbonyl (C=O) groups is 1. The zero-order valence-electron chi connectivity index (χ0n) is 13.5. The number of piperidine rings is 1. The summed E-state index contributed by atoms with van der Waals surface area (Å²) in [7, 11) is 0. The smallest absolute Gasteiger partial charge is 0.302 e. The fourth-order valence-electron chi connectivity index (χ4n) is 4.14. The van der Waals surface area contributed by atoms with E-state index in [4.69, 9.17) is 4.74 Å². The molecule has 1 aromatic carbocycles. The summed E-state index contributed by atoms with van der Waals surface area (Å²) in [5, 5.41) is 0. The van der Waals surface area contributed by atoms with Crippen LogP contribution in [0.1, 0.15) is 56.9 Å². The standard InChI is InChI=1S/C19H27NO2/c1-15(21)22-19-10-6-5-9-18(19)20-13-11-17(12-14-20)16-7-3-2-4-8-16/h2-4,7-8,17-19H,5-6,9-14H2,1H3/t18-,19-/m1/s1. The first-order valence-electron chi connectivity index (χ1n) is 8.70. The molecule has 0 radical (unpaired) electrons. The second-order valence-corrected chi connectivity index (χ2v) is 6.72. The van der Waals surface area contributed by atoms with Gasteiger partial charge in [-0.15, -0.1) is 0 Å². The van der Waals surface area contributed by atoms with Gasteiger partial charge in [-0.05, 0) is 56.7 Å². The average Bonchev–Trinajstić information content (AvgIpc) is 2.56. The summed E-state index contributed by atoms with van der Waals surface area (Å²) >= 11 is 0. The molecule has 1 aliphatic heterocycles. The third-order valence-corrected chi connectivity index (χ3v) is 5.25. The van der Waals surface area contributed by atoms with Crippen molar-refractivity contribution < 1.29 is 9.53 Å². The molecule has 3 nitrogen and oxygen atoms in total. The fraction of sp³-hybridized carbons (Fsp3) is 0.632. The van der Waals surface area contributed by atoms with Crippen molar-refractivity contribution >= 4 is 5.97 Å². The number of hydrogen-bond donors (Lipinski definition) is 0. The highest BCUT2D eigenvalue weighted by atomic mass is 16.5. The summed E-state index contributed by atoms with van der Waals surface area (Å²) in [6, 6.07) is 11.3. The van der Waals surface area contributed by atoms with Gasteiger partial charge in [0.25, 0.3) is 0 Å². The van der Waals surface area contributed by atoms with E-state index in [2.05, 4.69) is 35.2 Å². The second kappa shape index (κ2) is 7.28. The summed E-state index contributed by atoms with van der Waals surface area (Å²) in [5.41, 5.74) is 1.47. The first kappa shape index (κ1) is 15.5. The number of carbonyl (C=O) groups excluding carboxylic acids is 1. The molecule has 0 aromatic heterocycles. The van der Waals surface area contributed by atoms with Crippen molar-refractivity contribution in [2.45, 2.75) is 63.5 Å². The van der Waals surface area contributed by atoms with Crippen LogP contribution in [0.5, 0.6) is 0 Å². The van der Waals surface area contributed by atoms with Crippen LogP contribution >= 0.6 is 0 Å². The molecule has 0 unspecified atom stereocenters. The van der Waals surface area contributed by atoms with E-state index in [1.807, 2.05) is 0 Å². The monoisotopic (exact) mass is 301 g/mol. The molecule has 1 saturated carbocycles. The molecule has 2 fully saturated rings. The Balaban J connectivity index is 1.58. The summed E-state index contributed by atoms with van der Waals surface area (Å²) < 4.78 is 5.59. The Labute approximate surface area is 133 Å². The van der Waals surface area contributed by atoms with Gasteiger partial charge in [-0.2, -0.15) is 0 Å². The predicted octanol–water partition coefficient (Wildman–Crippen LogP) is 3.74. The maximum atomic E-state index is 11.3. The molecule has 1 aromatic rings. The van der Waals surface area contributed by atoms with Crippen molar-refractivity contribution in [2.24, 2.45) is 0 Å². The van der Waals surface area contributed by atoms with Gasteiger partial charge in [-0.1, -0.05) is 36.8 Å².